The van der Waals surface area contributed by atoms with Gasteiger partial charge in [0.25, 0.3) is 0 Å². The molecule has 0 aliphatic carbocycles. The lowest BCUT2D eigenvalue weighted by molar-refractivity contribution is 0.113. The van der Waals surface area contributed by atoms with E-state index in [0.717, 1.165) is 24.1 Å². The molecule has 17 heavy (non-hydrogen) atoms. The van der Waals surface area contributed by atoms with Gasteiger partial charge in [0, 0.05) is 12.5 Å². The predicted octanol–water partition coefficient (Wildman–Crippen LogP) is 2.18. The molecule has 1 fully saturated rings. The van der Waals surface area contributed by atoms with Crippen molar-refractivity contribution in [1.82, 2.24) is 5.32 Å². The van der Waals surface area contributed by atoms with Crippen molar-refractivity contribution in [1.29, 1.82) is 0 Å². The average molecular weight is 237 g/mol. The van der Waals surface area contributed by atoms with Gasteiger partial charge < -0.3 is 10.4 Å². The second-order valence-corrected chi connectivity index (χ2v) is 4.90. The molecular formula is C14H20FNO. The van der Waals surface area contributed by atoms with Crippen molar-refractivity contribution in [3.05, 3.63) is 35.1 Å². The molecule has 1 saturated heterocycles. The zero-order chi connectivity index (χ0) is 12.3. The Kier molecular flexibility index (Phi) is 4.13. The van der Waals surface area contributed by atoms with E-state index in [4.69, 9.17) is 0 Å². The number of hydrogen-bond acceptors (Lipinski definition) is 2. The highest BCUT2D eigenvalue weighted by atomic mass is 19.1. The van der Waals surface area contributed by atoms with E-state index in [2.05, 4.69) is 5.32 Å². The van der Waals surface area contributed by atoms with Gasteiger partial charge in [-0.05, 0) is 49.6 Å². The third-order valence-corrected chi connectivity index (χ3v) is 3.55. The van der Waals surface area contributed by atoms with Crippen molar-refractivity contribution in [3.8, 4) is 0 Å². The normalized spacial score (nSPS) is 22.4. The summed E-state index contributed by atoms with van der Waals surface area (Å²) in [4.78, 5) is 0. The first-order valence-corrected chi connectivity index (χ1v) is 6.33. The number of aryl methyl sites for hydroxylation is 1. The largest absolute Gasteiger partial charge is 0.391 e. The molecule has 1 heterocycles. The Morgan fingerprint density at radius 2 is 2.29 bits per heavy atom. The maximum atomic E-state index is 13.0. The number of hydrogen-bond donors (Lipinski definition) is 2. The first-order valence-electron chi connectivity index (χ1n) is 6.33. The van der Waals surface area contributed by atoms with Crippen LogP contribution in [0, 0.1) is 12.7 Å². The Hall–Kier alpha value is -0.930. The summed E-state index contributed by atoms with van der Waals surface area (Å²) in [6.07, 6.45) is 3.63. The van der Waals surface area contributed by atoms with Crippen LogP contribution in [0.25, 0.3) is 0 Å². The lowest BCUT2D eigenvalue weighted by Gasteiger charge is -2.28. The van der Waals surface area contributed by atoms with E-state index in [0.29, 0.717) is 6.42 Å². The van der Waals surface area contributed by atoms with Crippen molar-refractivity contribution >= 4 is 0 Å². The summed E-state index contributed by atoms with van der Waals surface area (Å²) in [5.41, 5.74) is 1.95. The van der Waals surface area contributed by atoms with Crippen molar-refractivity contribution < 1.29 is 9.50 Å². The van der Waals surface area contributed by atoms with Crippen LogP contribution in [0.3, 0.4) is 0 Å². The van der Waals surface area contributed by atoms with Crippen LogP contribution >= 0.6 is 0 Å². The van der Waals surface area contributed by atoms with Gasteiger partial charge >= 0.3 is 0 Å². The number of aliphatic hydroxyl groups is 1. The molecule has 2 N–H and O–H groups in total. The SMILES string of the molecule is Cc1cc(F)ccc1CC(O)C1CCCCN1. The summed E-state index contributed by atoms with van der Waals surface area (Å²) >= 11 is 0. The summed E-state index contributed by atoms with van der Waals surface area (Å²) in [5.74, 6) is -0.212. The molecule has 1 aromatic rings. The second kappa shape index (κ2) is 5.61. The highest BCUT2D eigenvalue weighted by molar-refractivity contribution is 5.27. The first-order chi connectivity index (χ1) is 8.16. The molecule has 2 rings (SSSR count). The molecule has 0 aromatic heterocycles. The fourth-order valence-corrected chi connectivity index (χ4v) is 2.46. The third kappa shape index (κ3) is 3.27. The Bertz CT molecular complexity index is 374. The van der Waals surface area contributed by atoms with E-state index < -0.39 is 0 Å². The van der Waals surface area contributed by atoms with Crippen LogP contribution in [0.2, 0.25) is 0 Å². The molecule has 2 atom stereocenters. The summed E-state index contributed by atoms with van der Waals surface area (Å²) in [5, 5.41) is 13.5. The standard InChI is InChI=1S/C14H20FNO/c1-10-8-12(15)6-5-11(10)9-14(17)13-4-2-3-7-16-13/h5-6,8,13-14,16-17H,2-4,7,9H2,1H3. The molecule has 2 nitrogen and oxygen atoms in total. The smallest absolute Gasteiger partial charge is 0.123 e. The number of aliphatic hydroxyl groups excluding tert-OH is 1. The Morgan fingerprint density at radius 1 is 1.47 bits per heavy atom. The zero-order valence-electron chi connectivity index (χ0n) is 10.2. The molecule has 0 bridgehead atoms. The van der Waals surface area contributed by atoms with Gasteiger partial charge in [-0.1, -0.05) is 12.5 Å². The van der Waals surface area contributed by atoms with Gasteiger partial charge in [-0.15, -0.1) is 0 Å². The summed E-state index contributed by atoms with van der Waals surface area (Å²) in [7, 11) is 0. The van der Waals surface area contributed by atoms with E-state index in [1.54, 1.807) is 6.07 Å². The van der Waals surface area contributed by atoms with E-state index in [9.17, 15) is 9.50 Å². The molecule has 1 aromatic carbocycles. The predicted molar refractivity (Wildman–Crippen MR) is 66.5 cm³/mol. The second-order valence-electron chi connectivity index (χ2n) is 4.90. The van der Waals surface area contributed by atoms with E-state index in [-0.39, 0.29) is 18.0 Å². The van der Waals surface area contributed by atoms with Crippen LogP contribution in [-0.2, 0) is 6.42 Å². The van der Waals surface area contributed by atoms with Crippen LogP contribution in [0.15, 0.2) is 18.2 Å². The molecule has 1 aliphatic heterocycles. The van der Waals surface area contributed by atoms with Crippen LogP contribution in [-0.4, -0.2) is 23.8 Å². The molecule has 3 heteroatoms. The topological polar surface area (TPSA) is 32.3 Å². The Morgan fingerprint density at radius 3 is 2.94 bits per heavy atom. The molecule has 2 unspecified atom stereocenters. The van der Waals surface area contributed by atoms with Crippen LogP contribution in [0.1, 0.15) is 30.4 Å². The maximum absolute atomic E-state index is 13.0. The summed E-state index contributed by atoms with van der Waals surface area (Å²) < 4.78 is 13.0. The zero-order valence-corrected chi connectivity index (χ0v) is 10.2. The van der Waals surface area contributed by atoms with Gasteiger partial charge in [0.05, 0.1) is 6.10 Å². The fraction of sp³-hybridized carbons (Fsp3) is 0.571. The van der Waals surface area contributed by atoms with Crippen molar-refractivity contribution in [3.63, 3.8) is 0 Å². The van der Waals surface area contributed by atoms with Gasteiger partial charge in [0.1, 0.15) is 5.82 Å². The minimum absolute atomic E-state index is 0.188. The molecule has 0 radical (unpaired) electrons. The van der Waals surface area contributed by atoms with Crippen molar-refractivity contribution in [2.45, 2.75) is 44.8 Å². The number of benzene rings is 1. The minimum Gasteiger partial charge on any atom is -0.391 e. The third-order valence-electron chi connectivity index (χ3n) is 3.55. The van der Waals surface area contributed by atoms with Crippen molar-refractivity contribution in [2.75, 3.05) is 6.54 Å². The molecule has 0 spiro atoms. The quantitative estimate of drug-likeness (QED) is 0.844. The average Bonchev–Trinajstić information content (AvgIpc) is 2.34. The van der Waals surface area contributed by atoms with Gasteiger partial charge in [-0.25, -0.2) is 4.39 Å². The summed E-state index contributed by atoms with van der Waals surface area (Å²) in [6.45, 7) is 2.88. The number of nitrogens with one attached hydrogen (secondary N) is 1. The molecular weight excluding hydrogens is 217 g/mol. The highest BCUT2D eigenvalue weighted by Crippen LogP contribution is 2.17. The molecule has 0 amide bonds. The lowest BCUT2D eigenvalue weighted by Crippen LogP contribution is -2.44. The van der Waals surface area contributed by atoms with E-state index >= 15 is 0 Å². The molecule has 0 saturated carbocycles. The van der Waals surface area contributed by atoms with E-state index in [1.165, 1.54) is 25.0 Å². The molecule has 94 valence electrons. The van der Waals surface area contributed by atoms with Gasteiger partial charge in [-0.2, -0.15) is 0 Å². The lowest BCUT2D eigenvalue weighted by atomic mass is 9.93. The monoisotopic (exact) mass is 237 g/mol. The van der Waals surface area contributed by atoms with Crippen LogP contribution in [0.4, 0.5) is 4.39 Å². The maximum Gasteiger partial charge on any atom is 0.123 e. The fourth-order valence-electron chi connectivity index (χ4n) is 2.46. The number of piperidine rings is 1. The van der Waals surface area contributed by atoms with E-state index in [1.807, 2.05) is 6.92 Å². The van der Waals surface area contributed by atoms with Gasteiger partial charge in [-0.3, -0.25) is 0 Å². The number of rotatable bonds is 3. The minimum atomic E-state index is -0.375. The van der Waals surface area contributed by atoms with Crippen molar-refractivity contribution in [2.24, 2.45) is 0 Å². The first kappa shape index (κ1) is 12.5. The van der Waals surface area contributed by atoms with Crippen LogP contribution < -0.4 is 5.32 Å². The number of halogens is 1. The van der Waals surface area contributed by atoms with Gasteiger partial charge in [0.15, 0.2) is 0 Å². The van der Waals surface area contributed by atoms with Crippen LogP contribution in [0.5, 0.6) is 0 Å². The van der Waals surface area contributed by atoms with Gasteiger partial charge in [0.2, 0.25) is 0 Å². The molecule has 1 aliphatic rings. The highest BCUT2D eigenvalue weighted by Gasteiger charge is 2.21. The Balaban J connectivity index is 1.99. The summed E-state index contributed by atoms with van der Waals surface area (Å²) in [6, 6.07) is 4.95. The Labute approximate surface area is 102 Å².